The number of ether oxygens (including phenoxy) is 1. The van der Waals surface area contributed by atoms with Gasteiger partial charge < -0.3 is 15.4 Å². The van der Waals surface area contributed by atoms with Crippen molar-refractivity contribution in [2.24, 2.45) is 0 Å². The van der Waals surface area contributed by atoms with E-state index in [1.165, 1.54) is 5.56 Å². The zero-order valence-corrected chi connectivity index (χ0v) is 27.1. The average Bonchev–Trinajstić information content (AvgIpc) is 3.47. The summed E-state index contributed by atoms with van der Waals surface area (Å²) in [5.41, 5.74) is 5.75. The van der Waals surface area contributed by atoms with E-state index in [-0.39, 0.29) is 6.03 Å². The summed E-state index contributed by atoms with van der Waals surface area (Å²) in [5.74, 6) is 2.40. The molecule has 4 aromatic carbocycles. The molecule has 0 saturated heterocycles. The van der Waals surface area contributed by atoms with Crippen LogP contribution in [0.4, 0.5) is 27.9 Å². The lowest BCUT2D eigenvalue weighted by molar-refractivity contribution is 0.262. The molecule has 0 aliphatic rings. The third-order valence-corrected chi connectivity index (χ3v) is 7.87. The summed E-state index contributed by atoms with van der Waals surface area (Å²) in [6.07, 6.45) is 4.60. The zero-order chi connectivity index (χ0) is 32.8. The Morgan fingerprint density at radius 1 is 0.872 bits per heavy atom. The van der Waals surface area contributed by atoms with Crippen LogP contribution in [0.5, 0.6) is 11.6 Å². The molecule has 0 bridgehead atoms. The van der Waals surface area contributed by atoms with Crippen molar-refractivity contribution in [1.29, 1.82) is 0 Å². The zero-order valence-electron chi connectivity index (χ0n) is 27.1. The summed E-state index contributed by atoms with van der Waals surface area (Å²) in [6.45, 7) is 8.50. The van der Waals surface area contributed by atoms with Crippen molar-refractivity contribution < 1.29 is 9.53 Å². The second-order valence-electron chi connectivity index (χ2n) is 11.8. The Labute approximate surface area is 275 Å². The monoisotopic (exact) mass is 625 g/mol. The first-order chi connectivity index (χ1) is 22.9. The van der Waals surface area contributed by atoms with Gasteiger partial charge in [0.1, 0.15) is 11.6 Å². The normalized spacial score (nSPS) is 11.1. The van der Waals surface area contributed by atoms with Gasteiger partial charge in [0, 0.05) is 34.8 Å². The Bertz CT molecular complexity index is 2000. The summed E-state index contributed by atoms with van der Waals surface area (Å²) >= 11 is 0. The highest BCUT2D eigenvalue weighted by Crippen LogP contribution is 2.35. The number of hydrogen-bond acceptors (Lipinski definition) is 6. The molecule has 0 spiro atoms. The molecule has 47 heavy (non-hydrogen) atoms. The second kappa shape index (κ2) is 14.2. The number of nitrogens with zero attached hydrogens (tertiary/aromatic N) is 4. The number of para-hydroxylation sites is 1. The van der Waals surface area contributed by atoms with Crippen LogP contribution in [-0.2, 0) is 6.42 Å². The molecule has 0 aliphatic heterocycles. The Morgan fingerprint density at radius 2 is 1.64 bits per heavy atom. The number of aromatic nitrogens is 4. The number of unbranched alkanes of at least 4 members (excludes halogenated alkanes) is 1. The number of carbonyl (C=O) groups excluding carboxylic acids is 1. The van der Waals surface area contributed by atoms with Crippen molar-refractivity contribution in [1.82, 2.24) is 19.7 Å². The molecule has 2 heterocycles. The van der Waals surface area contributed by atoms with Crippen LogP contribution in [0.1, 0.15) is 56.4 Å². The van der Waals surface area contributed by atoms with Crippen LogP contribution < -0.4 is 20.7 Å². The highest BCUT2D eigenvalue weighted by atomic mass is 16.5. The number of carbonyl (C=O) groups is 1. The molecule has 9 heteroatoms. The lowest BCUT2D eigenvalue weighted by atomic mass is 10.0. The van der Waals surface area contributed by atoms with Gasteiger partial charge in [-0.15, -0.1) is 0 Å². The van der Waals surface area contributed by atoms with Crippen LogP contribution in [0, 0.1) is 6.92 Å². The second-order valence-corrected chi connectivity index (χ2v) is 11.8. The van der Waals surface area contributed by atoms with Gasteiger partial charge >= 0.3 is 6.03 Å². The molecule has 6 aromatic rings. The Morgan fingerprint density at radius 3 is 2.43 bits per heavy atom. The molecule has 0 radical (unpaired) electrons. The molecular weight excluding hydrogens is 586 g/mol. The molecule has 0 fully saturated rings. The summed E-state index contributed by atoms with van der Waals surface area (Å²) in [6, 6.07) is 30.9. The number of amides is 2. The highest BCUT2D eigenvalue weighted by molar-refractivity contribution is 6.07. The minimum Gasteiger partial charge on any atom is -0.438 e. The predicted molar refractivity (Wildman–Crippen MR) is 189 cm³/mol. The van der Waals surface area contributed by atoms with Gasteiger partial charge in [0.2, 0.25) is 11.8 Å². The number of rotatable bonds is 11. The molecule has 0 saturated carbocycles. The van der Waals surface area contributed by atoms with E-state index in [9.17, 15) is 4.79 Å². The minimum absolute atomic E-state index is 0.345. The van der Waals surface area contributed by atoms with E-state index >= 15 is 0 Å². The SMILES string of the molecule is CCCCc1cc(NC(=O)Nc2ccc(Oc3ccnc(Nc4ccccc4C(C)C)n3)c3ccccc23)n(-c2ccc(C)cc2)n1. The van der Waals surface area contributed by atoms with Crippen LogP contribution >= 0.6 is 0 Å². The Balaban J connectivity index is 1.22. The Hall–Kier alpha value is -5.70. The molecule has 0 unspecified atom stereocenters. The van der Waals surface area contributed by atoms with Crippen molar-refractivity contribution in [2.45, 2.75) is 52.9 Å². The maximum absolute atomic E-state index is 13.4. The highest BCUT2D eigenvalue weighted by Gasteiger charge is 2.16. The molecule has 3 N–H and O–H groups in total. The van der Waals surface area contributed by atoms with Crippen LogP contribution in [0.25, 0.3) is 16.5 Å². The molecule has 238 valence electrons. The summed E-state index contributed by atoms with van der Waals surface area (Å²) < 4.78 is 8.06. The van der Waals surface area contributed by atoms with E-state index in [4.69, 9.17) is 9.84 Å². The van der Waals surface area contributed by atoms with Crippen molar-refractivity contribution >= 4 is 39.9 Å². The van der Waals surface area contributed by atoms with Gasteiger partial charge in [-0.1, -0.05) is 87.4 Å². The fraction of sp³-hybridized carbons (Fsp3) is 0.211. The quantitative estimate of drug-likeness (QED) is 0.132. The van der Waals surface area contributed by atoms with Crippen LogP contribution in [0.15, 0.2) is 103 Å². The predicted octanol–water partition coefficient (Wildman–Crippen LogP) is 9.77. The van der Waals surface area contributed by atoms with Crippen LogP contribution in [-0.4, -0.2) is 25.8 Å². The van der Waals surface area contributed by atoms with Gasteiger partial charge in [-0.3, -0.25) is 5.32 Å². The third-order valence-electron chi connectivity index (χ3n) is 7.87. The summed E-state index contributed by atoms with van der Waals surface area (Å²) in [5, 5.41) is 15.8. The van der Waals surface area contributed by atoms with Crippen molar-refractivity contribution in [3.05, 3.63) is 120 Å². The number of nitrogens with one attached hydrogen (secondary N) is 3. The van der Waals surface area contributed by atoms with Crippen LogP contribution in [0.3, 0.4) is 0 Å². The van der Waals surface area contributed by atoms with E-state index in [0.29, 0.717) is 35.0 Å². The van der Waals surface area contributed by atoms with Gasteiger partial charge in [0.15, 0.2) is 0 Å². The number of aryl methyl sites for hydroxylation is 2. The van der Waals surface area contributed by atoms with Gasteiger partial charge in [0.05, 0.1) is 17.1 Å². The van der Waals surface area contributed by atoms with E-state index in [0.717, 1.165) is 52.7 Å². The van der Waals surface area contributed by atoms with E-state index in [1.807, 2.05) is 91.9 Å². The average molecular weight is 626 g/mol. The number of fused-ring (bicyclic) bond motifs is 1. The number of hydrogen-bond donors (Lipinski definition) is 3. The number of benzene rings is 4. The number of anilines is 4. The largest absolute Gasteiger partial charge is 0.438 e. The lowest BCUT2D eigenvalue weighted by Crippen LogP contribution is -2.21. The first-order valence-electron chi connectivity index (χ1n) is 16.0. The molecule has 2 aromatic heterocycles. The van der Waals surface area contributed by atoms with Crippen molar-refractivity contribution in [3.8, 4) is 17.3 Å². The third kappa shape index (κ3) is 7.41. The van der Waals surface area contributed by atoms with Gasteiger partial charge in [-0.05, 0) is 61.6 Å². The van der Waals surface area contributed by atoms with Crippen molar-refractivity contribution in [3.63, 3.8) is 0 Å². The van der Waals surface area contributed by atoms with Gasteiger partial charge in [0.25, 0.3) is 0 Å². The first kappa shape index (κ1) is 31.3. The molecule has 2 amide bonds. The van der Waals surface area contributed by atoms with Crippen molar-refractivity contribution in [2.75, 3.05) is 16.0 Å². The fourth-order valence-corrected chi connectivity index (χ4v) is 5.43. The standard InChI is InChI=1S/C38H39N7O2/c1-5-6-11-27-24-35(45(44-27)28-18-16-26(4)17-19-28)42-38(46)41-33-20-21-34(31-14-8-7-13-30(31)33)47-36-22-23-39-37(43-36)40-32-15-10-9-12-29(32)25(2)3/h7-10,12-25H,5-6,11H2,1-4H3,(H,39,40,43)(H2,41,42,46). The smallest absolute Gasteiger partial charge is 0.324 e. The molecule has 0 aliphatic carbocycles. The summed E-state index contributed by atoms with van der Waals surface area (Å²) in [7, 11) is 0. The first-order valence-corrected chi connectivity index (χ1v) is 16.0. The van der Waals surface area contributed by atoms with E-state index < -0.39 is 0 Å². The number of urea groups is 1. The Kier molecular flexibility index (Phi) is 9.43. The molecule has 6 rings (SSSR count). The topological polar surface area (TPSA) is 106 Å². The lowest BCUT2D eigenvalue weighted by Gasteiger charge is -2.15. The van der Waals surface area contributed by atoms with Crippen LogP contribution in [0.2, 0.25) is 0 Å². The maximum atomic E-state index is 13.4. The van der Waals surface area contributed by atoms with Gasteiger partial charge in [-0.2, -0.15) is 10.1 Å². The fourth-order valence-electron chi connectivity index (χ4n) is 5.43. The molecule has 0 atom stereocenters. The maximum Gasteiger partial charge on any atom is 0.324 e. The molecule has 9 nitrogen and oxygen atoms in total. The summed E-state index contributed by atoms with van der Waals surface area (Å²) in [4.78, 5) is 22.4. The van der Waals surface area contributed by atoms with Gasteiger partial charge in [-0.25, -0.2) is 14.5 Å². The van der Waals surface area contributed by atoms with E-state index in [2.05, 4.69) is 52.8 Å². The minimum atomic E-state index is -0.368. The van der Waals surface area contributed by atoms with E-state index in [1.54, 1.807) is 16.9 Å². The molecular formula is C38H39N7O2.